The number of furan rings is 1. The monoisotopic (exact) mass is 310 g/mol. The van der Waals surface area contributed by atoms with Crippen molar-refractivity contribution in [3.05, 3.63) is 83.1 Å². The Bertz CT molecular complexity index is 788. The third-order valence-electron chi connectivity index (χ3n) is 3.32. The third kappa shape index (κ3) is 3.07. The normalized spacial score (nSPS) is 11.5. The number of methoxy groups -OCH3 is 1. The highest BCUT2D eigenvalue weighted by Crippen LogP contribution is 2.30. The van der Waals surface area contributed by atoms with Crippen molar-refractivity contribution < 1.29 is 9.15 Å². The standard InChI is InChI=1S/C19H15ClO2/c1-21-19(14-7-3-2-4-8-14)13-15-11-12-18(22-15)16-9-5-6-10-17(16)20/h2-13H,1H3. The molecular weight excluding hydrogens is 296 g/mol. The van der Waals surface area contributed by atoms with Gasteiger partial charge in [0.2, 0.25) is 0 Å². The quantitative estimate of drug-likeness (QED) is 0.573. The van der Waals surface area contributed by atoms with E-state index in [0.717, 1.165) is 28.4 Å². The summed E-state index contributed by atoms with van der Waals surface area (Å²) in [5, 5.41) is 0.669. The number of halogens is 1. The van der Waals surface area contributed by atoms with Crippen molar-refractivity contribution in [2.45, 2.75) is 0 Å². The van der Waals surface area contributed by atoms with Crippen LogP contribution in [0.15, 0.2) is 71.1 Å². The summed E-state index contributed by atoms with van der Waals surface area (Å²) < 4.78 is 11.3. The molecule has 0 aliphatic heterocycles. The zero-order valence-electron chi connectivity index (χ0n) is 12.1. The van der Waals surface area contributed by atoms with Crippen LogP contribution in [0.25, 0.3) is 23.2 Å². The first-order chi connectivity index (χ1) is 10.8. The number of ether oxygens (including phenoxy) is 1. The van der Waals surface area contributed by atoms with Crippen molar-refractivity contribution in [3.8, 4) is 11.3 Å². The molecule has 3 aromatic rings. The smallest absolute Gasteiger partial charge is 0.136 e. The number of rotatable bonds is 4. The fourth-order valence-corrected chi connectivity index (χ4v) is 2.46. The minimum atomic E-state index is 0.669. The summed E-state index contributed by atoms with van der Waals surface area (Å²) in [6, 6.07) is 21.3. The first-order valence-corrected chi connectivity index (χ1v) is 7.31. The van der Waals surface area contributed by atoms with Crippen LogP contribution < -0.4 is 0 Å². The van der Waals surface area contributed by atoms with Gasteiger partial charge in [0.1, 0.15) is 17.3 Å². The molecule has 3 heteroatoms. The van der Waals surface area contributed by atoms with Gasteiger partial charge in [0.05, 0.1) is 12.1 Å². The summed E-state index contributed by atoms with van der Waals surface area (Å²) in [6.45, 7) is 0. The summed E-state index contributed by atoms with van der Waals surface area (Å²) in [6.07, 6.45) is 1.87. The number of hydrogen-bond acceptors (Lipinski definition) is 2. The molecule has 0 N–H and O–H groups in total. The molecule has 0 spiro atoms. The minimum absolute atomic E-state index is 0.669. The lowest BCUT2D eigenvalue weighted by molar-refractivity contribution is 0.372. The maximum atomic E-state index is 6.20. The lowest BCUT2D eigenvalue weighted by atomic mass is 10.1. The summed E-state index contributed by atoms with van der Waals surface area (Å²) >= 11 is 6.20. The van der Waals surface area contributed by atoms with Gasteiger partial charge < -0.3 is 9.15 Å². The van der Waals surface area contributed by atoms with E-state index >= 15 is 0 Å². The summed E-state index contributed by atoms with van der Waals surface area (Å²) in [4.78, 5) is 0. The third-order valence-corrected chi connectivity index (χ3v) is 3.65. The fourth-order valence-electron chi connectivity index (χ4n) is 2.23. The highest BCUT2D eigenvalue weighted by atomic mass is 35.5. The van der Waals surface area contributed by atoms with Crippen LogP contribution in [0.4, 0.5) is 0 Å². The zero-order valence-corrected chi connectivity index (χ0v) is 12.9. The van der Waals surface area contributed by atoms with E-state index in [1.165, 1.54) is 0 Å². The van der Waals surface area contributed by atoms with Crippen molar-refractivity contribution in [1.82, 2.24) is 0 Å². The molecule has 110 valence electrons. The van der Waals surface area contributed by atoms with Gasteiger partial charge in [0, 0.05) is 17.2 Å². The van der Waals surface area contributed by atoms with Gasteiger partial charge in [-0.15, -0.1) is 0 Å². The van der Waals surface area contributed by atoms with Crippen molar-refractivity contribution >= 4 is 23.4 Å². The minimum Gasteiger partial charge on any atom is -0.496 e. The number of hydrogen-bond donors (Lipinski definition) is 0. The lowest BCUT2D eigenvalue weighted by Crippen LogP contribution is -1.86. The lowest BCUT2D eigenvalue weighted by Gasteiger charge is -2.05. The second kappa shape index (κ2) is 6.54. The highest BCUT2D eigenvalue weighted by Gasteiger charge is 2.08. The average Bonchev–Trinajstić information content (AvgIpc) is 3.02. The van der Waals surface area contributed by atoms with E-state index in [2.05, 4.69) is 0 Å². The molecule has 0 atom stereocenters. The van der Waals surface area contributed by atoms with E-state index < -0.39 is 0 Å². The van der Waals surface area contributed by atoms with Crippen LogP contribution in [0.3, 0.4) is 0 Å². The Kier molecular flexibility index (Phi) is 4.31. The van der Waals surface area contributed by atoms with Crippen LogP contribution in [0.2, 0.25) is 5.02 Å². The summed E-state index contributed by atoms with van der Waals surface area (Å²) in [7, 11) is 1.65. The second-order valence-corrected chi connectivity index (χ2v) is 5.17. The van der Waals surface area contributed by atoms with Crippen LogP contribution in [0.5, 0.6) is 0 Å². The van der Waals surface area contributed by atoms with Gasteiger partial charge in [-0.25, -0.2) is 0 Å². The predicted octanol–water partition coefficient (Wildman–Crippen LogP) is 5.74. The molecule has 0 saturated heterocycles. The first kappa shape index (κ1) is 14.5. The molecule has 0 unspecified atom stereocenters. The number of benzene rings is 2. The molecule has 0 aliphatic rings. The maximum Gasteiger partial charge on any atom is 0.136 e. The molecular formula is C19H15ClO2. The van der Waals surface area contributed by atoms with Crippen molar-refractivity contribution in [1.29, 1.82) is 0 Å². The van der Waals surface area contributed by atoms with Crippen LogP contribution >= 0.6 is 11.6 Å². The van der Waals surface area contributed by atoms with E-state index in [-0.39, 0.29) is 0 Å². The molecule has 0 amide bonds. The molecule has 2 nitrogen and oxygen atoms in total. The SMILES string of the molecule is COC(=Cc1ccc(-c2ccccc2Cl)o1)c1ccccc1. The molecule has 0 saturated carbocycles. The van der Waals surface area contributed by atoms with Gasteiger partial charge in [0.15, 0.2) is 0 Å². The molecule has 0 radical (unpaired) electrons. The second-order valence-electron chi connectivity index (χ2n) is 4.76. The Morgan fingerprint density at radius 3 is 2.41 bits per heavy atom. The highest BCUT2D eigenvalue weighted by molar-refractivity contribution is 6.33. The van der Waals surface area contributed by atoms with Gasteiger partial charge in [-0.2, -0.15) is 0 Å². The molecule has 0 bridgehead atoms. The van der Waals surface area contributed by atoms with E-state index in [4.69, 9.17) is 20.8 Å². The van der Waals surface area contributed by atoms with Crippen molar-refractivity contribution in [2.24, 2.45) is 0 Å². The van der Waals surface area contributed by atoms with Crippen LogP contribution in [-0.2, 0) is 4.74 Å². The summed E-state index contributed by atoms with van der Waals surface area (Å²) in [5.41, 5.74) is 1.88. The zero-order chi connectivity index (χ0) is 15.4. The Balaban J connectivity index is 1.94. The largest absolute Gasteiger partial charge is 0.496 e. The average molecular weight is 311 g/mol. The van der Waals surface area contributed by atoms with Crippen molar-refractivity contribution in [2.75, 3.05) is 7.11 Å². The topological polar surface area (TPSA) is 22.4 Å². The molecule has 2 aromatic carbocycles. The first-order valence-electron chi connectivity index (χ1n) is 6.94. The molecule has 3 rings (SSSR count). The van der Waals surface area contributed by atoms with E-state index in [9.17, 15) is 0 Å². The van der Waals surface area contributed by atoms with Gasteiger partial charge in [-0.3, -0.25) is 0 Å². The predicted molar refractivity (Wildman–Crippen MR) is 90.5 cm³/mol. The molecule has 22 heavy (non-hydrogen) atoms. The Labute approximate surface area is 134 Å². The van der Waals surface area contributed by atoms with Crippen LogP contribution in [-0.4, -0.2) is 7.11 Å². The maximum absolute atomic E-state index is 6.20. The van der Waals surface area contributed by atoms with Gasteiger partial charge in [-0.05, 0) is 24.3 Å². The fraction of sp³-hybridized carbons (Fsp3) is 0.0526. The Morgan fingerprint density at radius 2 is 1.68 bits per heavy atom. The molecule has 1 heterocycles. The molecule has 0 fully saturated rings. The Hall–Kier alpha value is -2.45. The Morgan fingerprint density at radius 1 is 0.955 bits per heavy atom. The van der Waals surface area contributed by atoms with E-state index in [0.29, 0.717) is 5.02 Å². The summed E-state index contributed by atoms with van der Waals surface area (Å²) in [5.74, 6) is 2.21. The van der Waals surface area contributed by atoms with Crippen LogP contribution in [0.1, 0.15) is 11.3 Å². The van der Waals surface area contributed by atoms with E-state index in [1.54, 1.807) is 7.11 Å². The molecule has 0 aliphatic carbocycles. The molecule has 1 aromatic heterocycles. The van der Waals surface area contributed by atoms with Gasteiger partial charge in [-0.1, -0.05) is 54.1 Å². The van der Waals surface area contributed by atoms with Gasteiger partial charge >= 0.3 is 0 Å². The van der Waals surface area contributed by atoms with Crippen molar-refractivity contribution in [3.63, 3.8) is 0 Å². The van der Waals surface area contributed by atoms with E-state index in [1.807, 2.05) is 72.8 Å². The van der Waals surface area contributed by atoms with Crippen LogP contribution in [0, 0.1) is 0 Å². The van der Waals surface area contributed by atoms with Gasteiger partial charge in [0.25, 0.3) is 0 Å².